The highest BCUT2D eigenvalue weighted by Gasteiger charge is 2.11. The zero-order valence-corrected chi connectivity index (χ0v) is 15.7. The molecule has 2 aromatic carbocycles. The van der Waals surface area contributed by atoms with Gasteiger partial charge in [0.25, 0.3) is 5.91 Å². The number of aryl methyl sites for hydroxylation is 1. The lowest BCUT2D eigenvalue weighted by atomic mass is 10.1. The van der Waals surface area contributed by atoms with E-state index in [0.29, 0.717) is 11.3 Å². The minimum Gasteiger partial charge on any atom is -0.482 e. The normalized spacial score (nSPS) is 11.5. The molecule has 2 aromatic rings. The largest absolute Gasteiger partial charge is 0.482 e. The van der Waals surface area contributed by atoms with Crippen LogP contribution in [0.2, 0.25) is 0 Å². The molecule has 0 unspecified atom stereocenters. The minimum absolute atomic E-state index is 0.123. The molecule has 5 nitrogen and oxygen atoms in total. The molecular weight excluding hydrogens is 330 g/mol. The summed E-state index contributed by atoms with van der Waals surface area (Å²) < 4.78 is 10.5. The number of benzene rings is 2. The van der Waals surface area contributed by atoms with Gasteiger partial charge in [-0.05, 0) is 68.7 Å². The zero-order valence-electron chi connectivity index (χ0n) is 15.7. The first-order valence-corrected chi connectivity index (χ1v) is 8.70. The van der Waals surface area contributed by atoms with Gasteiger partial charge in [0.15, 0.2) is 6.61 Å². The molecule has 0 aromatic heterocycles. The average Bonchev–Trinajstić information content (AvgIpc) is 2.64. The zero-order chi connectivity index (χ0) is 19.1. The predicted octanol–water partition coefficient (Wildman–Crippen LogP) is 4.28. The summed E-state index contributed by atoms with van der Waals surface area (Å²) in [6.45, 7) is 7.60. The number of carbonyl (C=O) groups excluding carboxylic acids is 2. The third kappa shape index (κ3) is 5.34. The highest BCUT2D eigenvalue weighted by atomic mass is 16.6. The van der Waals surface area contributed by atoms with E-state index in [0.717, 1.165) is 23.2 Å². The second-order valence-corrected chi connectivity index (χ2v) is 6.22. The molecule has 0 aliphatic heterocycles. The number of ether oxygens (including phenoxy) is 2. The molecule has 0 bridgehead atoms. The van der Waals surface area contributed by atoms with Gasteiger partial charge in [-0.2, -0.15) is 0 Å². The van der Waals surface area contributed by atoms with E-state index in [-0.39, 0.29) is 18.6 Å². The Kier molecular flexibility index (Phi) is 6.78. The summed E-state index contributed by atoms with van der Waals surface area (Å²) in [5.74, 6) is -0.0908. The number of hydrogen-bond donors (Lipinski definition) is 1. The van der Waals surface area contributed by atoms with Crippen LogP contribution in [0.25, 0.3) is 0 Å². The summed E-state index contributed by atoms with van der Waals surface area (Å²) in [7, 11) is 0. The molecule has 0 radical (unpaired) electrons. The number of anilines is 1. The smallest absolute Gasteiger partial charge is 0.344 e. The number of amides is 1. The van der Waals surface area contributed by atoms with E-state index in [1.54, 1.807) is 24.3 Å². The molecular formula is C21H25NO4. The Hall–Kier alpha value is -2.82. The maximum absolute atomic E-state index is 12.4. The number of nitrogens with one attached hydrogen (secondary N) is 1. The topological polar surface area (TPSA) is 64.6 Å². The molecule has 0 fully saturated rings. The summed E-state index contributed by atoms with van der Waals surface area (Å²) >= 11 is 0. The van der Waals surface area contributed by atoms with E-state index in [4.69, 9.17) is 9.47 Å². The van der Waals surface area contributed by atoms with Crippen molar-refractivity contribution < 1.29 is 19.1 Å². The van der Waals surface area contributed by atoms with Crippen LogP contribution in [-0.4, -0.2) is 24.6 Å². The number of hydrogen-bond acceptors (Lipinski definition) is 4. The van der Waals surface area contributed by atoms with Crippen LogP contribution in [0.15, 0.2) is 42.5 Å². The fraction of sp³-hybridized carbons (Fsp3) is 0.333. The Labute approximate surface area is 154 Å². The third-order valence-electron chi connectivity index (χ3n) is 4.23. The summed E-state index contributed by atoms with van der Waals surface area (Å²) in [6, 6.07) is 12.4. The fourth-order valence-corrected chi connectivity index (χ4v) is 2.27. The van der Waals surface area contributed by atoms with Crippen molar-refractivity contribution in [2.24, 2.45) is 0 Å². The lowest BCUT2D eigenvalue weighted by Gasteiger charge is -2.12. The molecule has 0 spiro atoms. The van der Waals surface area contributed by atoms with E-state index in [1.165, 1.54) is 0 Å². The Balaban J connectivity index is 1.93. The van der Waals surface area contributed by atoms with Crippen LogP contribution in [0.3, 0.4) is 0 Å². The monoisotopic (exact) mass is 355 g/mol. The second-order valence-electron chi connectivity index (χ2n) is 6.22. The molecule has 2 rings (SSSR count). The Bertz CT molecular complexity index is 768. The van der Waals surface area contributed by atoms with E-state index in [9.17, 15) is 9.59 Å². The van der Waals surface area contributed by atoms with Crippen LogP contribution in [0.5, 0.6) is 5.75 Å². The SMILES string of the molecule is CC[C@@H](C)OC(=O)COc1ccc(C(=O)Nc2cccc(C)c2C)cc1. The van der Waals surface area contributed by atoms with Crippen molar-refractivity contribution in [1.29, 1.82) is 0 Å². The standard InChI is InChI=1S/C21H25NO4/c1-5-15(3)26-20(23)13-25-18-11-9-17(10-12-18)21(24)22-19-8-6-7-14(2)16(19)4/h6-12,15H,5,13H2,1-4H3,(H,22,24)/t15-/m1/s1. The van der Waals surface area contributed by atoms with Crippen molar-refractivity contribution >= 4 is 17.6 Å². The summed E-state index contributed by atoms with van der Waals surface area (Å²) in [4.78, 5) is 24.0. The van der Waals surface area contributed by atoms with Gasteiger partial charge in [0, 0.05) is 11.3 Å². The summed E-state index contributed by atoms with van der Waals surface area (Å²) in [6.07, 6.45) is 0.637. The van der Waals surface area contributed by atoms with Gasteiger partial charge in [-0.1, -0.05) is 19.1 Å². The lowest BCUT2D eigenvalue weighted by Crippen LogP contribution is -2.20. The lowest BCUT2D eigenvalue weighted by molar-refractivity contribution is -0.150. The molecule has 0 aliphatic carbocycles. The van der Waals surface area contributed by atoms with Gasteiger partial charge in [0.05, 0.1) is 6.10 Å². The molecule has 0 saturated carbocycles. The molecule has 1 atom stereocenters. The minimum atomic E-state index is -0.406. The van der Waals surface area contributed by atoms with Crippen LogP contribution < -0.4 is 10.1 Å². The van der Waals surface area contributed by atoms with Gasteiger partial charge >= 0.3 is 5.97 Å². The van der Waals surface area contributed by atoms with Crippen molar-refractivity contribution in [3.63, 3.8) is 0 Å². The van der Waals surface area contributed by atoms with E-state index >= 15 is 0 Å². The first kappa shape index (κ1) is 19.5. The summed E-state index contributed by atoms with van der Waals surface area (Å²) in [5, 5.41) is 2.91. The first-order chi connectivity index (χ1) is 12.4. The van der Waals surface area contributed by atoms with Gasteiger partial charge in [-0.15, -0.1) is 0 Å². The van der Waals surface area contributed by atoms with Crippen LogP contribution >= 0.6 is 0 Å². The number of esters is 1. The van der Waals surface area contributed by atoms with Gasteiger partial charge in [0.2, 0.25) is 0 Å². The average molecular weight is 355 g/mol. The van der Waals surface area contributed by atoms with E-state index < -0.39 is 5.97 Å². The molecule has 0 heterocycles. The molecule has 1 N–H and O–H groups in total. The van der Waals surface area contributed by atoms with Crippen LogP contribution in [0.1, 0.15) is 41.8 Å². The fourth-order valence-electron chi connectivity index (χ4n) is 2.27. The van der Waals surface area contributed by atoms with Gasteiger partial charge in [-0.25, -0.2) is 4.79 Å². The molecule has 138 valence electrons. The molecule has 0 aliphatic rings. The molecule has 0 saturated heterocycles. The van der Waals surface area contributed by atoms with Crippen LogP contribution in [0.4, 0.5) is 5.69 Å². The molecule has 26 heavy (non-hydrogen) atoms. The number of carbonyl (C=O) groups is 2. The molecule has 1 amide bonds. The third-order valence-corrected chi connectivity index (χ3v) is 4.23. The number of rotatable bonds is 7. The van der Waals surface area contributed by atoms with Crippen molar-refractivity contribution in [3.8, 4) is 5.75 Å². The Morgan fingerprint density at radius 3 is 2.42 bits per heavy atom. The van der Waals surface area contributed by atoms with Crippen molar-refractivity contribution in [2.45, 2.75) is 40.2 Å². The van der Waals surface area contributed by atoms with Gasteiger partial charge in [-0.3, -0.25) is 4.79 Å². The van der Waals surface area contributed by atoms with Crippen molar-refractivity contribution in [2.75, 3.05) is 11.9 Å². The van der Waals surface area contributed by atoms with Gasteiger partial charge in [0.1, 0.15) is 5.75 Å². The van der Waals surface area contributed by atoms with Crippen LogP contribution in [0, 0.1) is 13.8 Å². The summed E-state index contributed by atoms with van der Waals surface area (Å²) in [5.41, 5.74) is 3.47. The van der Waals surface area contributed by atoms with E-state index in [1.807, 2.05) is 45.9 Å². The van der Waals surface area contributed by atoms with Crippen molar-refractivity contribution in [1.82, 2.24) is 0 Å². The van der Waals surface area contributed by atoms with Crippen LogP contribution in [-0.2, 0) is 9.53 Å². The van der Waals surface area contributed by atoms with Gasteiger partial charge < -0.3 is 14.8 Å². The maximum Gasteiger partial charge on any atom is 0.344 e. The van der Waals surface area contributed by atoms with Crippen molar-refractivity contribution in [3.05, 3.63) is 59.2 Å². The maximum atomic E-state index is 12.4. The highest BCUT2D eigenvalue weighted by molar-refractivity contribution is 6.04. The predicted molar refractivity (Wildman–Crippen MR) is 102 cm³/mol. The Morgan fingerprint density at radius 2 is 1.77 bits per heavy atom. The molecule has 5 heteroatoms. The van der Waals surface area contributed by atoms with E-state index in [2.05, 4.69) is 5.32 Å². The second kappa shape index (κ2) is 9.04. The first-order valence-electron chi connectivity index (χ1n) is 8.70. The highest BCUT2D eigenvalue weighted by Crippen LogP contribution is 2.19. The Morgan fingerprint density at radius 1 is 1.08 bits per heavy atom. The quantitative estimate of drug-likeness (QED) is 0.753.